The Balaban J connectivity index is 2.78. The topological polar surface area (TPSA) is 41.1 Å². The van der Waals surface area contributed by atoms with Gasteiger partial charge in [0.2, 0.25) is 5.91 Å². The summed E-state index contributed by atoms with van der Waals surface area (Å²) in [6.07, 6.45) is 0. The molecule has 82 valence electrons. The molecule has 1 amide bonds. The van der Waals surface area contributed by atoms with E-state index in [1.807, 2.05) is 0 Å². The summed E-state index contributed by atoms with van der Waals surface area (Å²) in [5.74, 6) is -0.120. The average Bonchev–Trinajstić information content (AvgIpc) is 2.24. The molecule has 0 saturated carbocycles. The Bertz CT molecular complexity index is 385. The van der Waals surface area contributed by atoms with Crippen LogP contribution < -0.4 is 10.6 Å². The van der Waals surface area contributed by atoms with Gasteiger partial charge in [0.15, 0.2) is 0 Å². The molecule has 0 radical (unpaired) electrons. The quantitative estimate of drug-likeness (QED) is 0.843. The lowest BCUT2D eigenvalue weighted by molar-refractivity contribution is -0.118. The molecule has 0 saturated heterocycles. The van der Waals surface area contributed by atoms with Crippen molar-refractivity contribution in [3.63, 3.8) is 0 Å². The van der Waals surface area contributed by atoms with Crippen LogP contribution in [-0.4, -0.2) is 19.5 Å². The fourth-order valence-electron chi connectivity index (χ4n) is 0.926. The van der Waals surface area contributed by atoms with Crippen LogP contribution in [0.1, 0.15) is 0 Å². The van der Waals surface area contributed by atoms with Crippen molar-refractivity contribution in [1.29, 1.82) is 0 Å². The third-order valence-electron chi connectivity index (χ3n) is 1.75. The third-order valence-corrected chi connectivity index (χ3v) is 3.52. The van der Waals surface area contributed by atoms with Crippen LogP contribution in [0.4, 0.5) is 5.69 Å². The second kappa shape index (κ2) is 5.58. The maximum absolute atomic E-state index is 11.0. The van der Waals surface area contributed by atoms with E-state index < -0.39 is 0 Å². The molecule has 0 aliphatic heterocycles. The minimum atomic E-state index is -0.120. The third kappa shape index (κ3) is 3.26. The molecule has 0 aliphatic rings. The van der Waals surface area contributed by atoms with Gasteiger partial charge >= 0.3 is 0 Å². The highest BCUT2D eigenvalue weighted by atomic mass is 79.9. The lowest BCUT2D eigenvalue weighted by Crippen LogP contribution is -2.26. The molecule has 1 aromatic rings. The summed E-state index contributed by atoms with van der Waals surface area (Å²) in [6, 6.07) is 3.52. The Morgan fingerprint density at radius 2 is 2.07 bits per heavy atom. The van der Waals surface area contributed by atoms with Gasteiger partial charge in [0.25, 0.3) is 0 Å². The van der Waals surface area contributed by atoms with Crippen LogP contribution in [-0.2, 0) is 4.79 Å². The van der Waals surface area contributed by atoms with E-state index in [1.54, 1.807) is 19.2 Å². The van der Waals surface area contributed by atoms with Crippen molar-refractivity contribution < 1.29 is 4.79 Å². The summed E-state index contributed by atoms with van der Waals surface area (Å²) in [5.41, 5.74) is 0.633. The molecular weight excluding hydrogens is 303 g/mol. The maximum Gasteiger partial charge on any atom is 0.239 e. The maximum atomic E-state index is 11.0. The van der Waals surface area contributed by atoms with Gasteiger partial charge in [-0.15, -0.1) is 0 Å². The summed E-state index contributed by atoms with van der Waals surface area (Å²) < 4.78 is 0.722. The first-order valence-corrected chi connectivity index (χ1v) is 5.69. The van der Waals surface area contributed by atoms with Crippen molar-refractivity contribution >= 4 is 50.7 Å². The number of hydrogen-bond donors (Lipinski definition) is 2. The predicted molar refractivity (Wildman–Crippen MR) is 66.7 cm³/mol. The zero-order chi connectivity index (χ0) is 11.4. The Morgan fingerprint density at radius 3 is 2.67 bits per heavy atom. The zero-order valence-corrected chi connectivity index (χ0v) is 11.0. The number of halogens is 3. The van der Waals surface area contributed by atoms with Crippen LogP contribution in [0, 0.1) is 0 Å². The van der Waals surface area contributed by atoms with Crippen LogP contribution >= 0.6 is 39.1 Å². The van der Waals surface area contributed by atoms with Crippen molar-refractivity contribution in [3.8, 4) is 0 Å². The number of benzene rings is 1. The van der Waals surface area contributed by atoms with Gasteiger partial charge in [0.1, 0.15) is 0 Å². The summed E-state index contributed by atoms with van der Waals surface area (Å²) in [5, 5.41) is 6.20. The number of carbonyl (C=O) groups excluding carboxylic acids is 1. The van der Waals surface area contributed by atoms with Crippen LogP contribution in [0.25, 0.3) is 0 Å². The van der Waals surface area contributed by atoms with E-state index in [-0.39, 0.29) is 12.5 Å². The second-order valence-corrected chi connectivity index (χ2v) is 4.36. The molecule has 0 fully saturated rings. The molecule has 0 aliphatic carbocycles. The highest BCUT2D eigenvalue weighted by Crippen LogP contribution is 2.35. The number of likely N-dealkylation sites (N-methyl/N-ethyl adjacent to an activating group) is 1. The molecule has 6 heteroatoms. The lowest BCUT2D eigenvalue weighted by atomic mass is 10.3. The first kappa shape index (κ1) is 12.6. The number of hydrogen-bond acceptors (Lipinski definition) is 2. The largest absolute Gasteiger partial charge is 0.375 e. The molecule has 0 spiro atoms. The van der Waals surface area contributed by atoms with E-state index in [1.165, 1.54) is 0 Å². The molecule has 1 rings (SSSR count). The molecule has 2 N–H and O–H groups in total. The highest BCUT2D eigenvalue weighted by molar-refractivity contribution is 9.10. The van der Waals surface area contributed by atoms with Gasteiger partial charge in [0.05, 0.1) is 22.3 Å². The van der Waals surface area contributed by atoms with Gasteiger partial charge in [-0.25, -0.2) is 0 Å². The molecular formula is C9H9BrCl2N2O. The number of amides is 1. The highest BCUT2D eigenvalue weighted by Gasteiger charge is 2.08. The Labute approximate surface area is 106 Å². The SMILES string of the molecule is CNC(=O)CNc1ccc(Br)c(Cl)c1Cl. The van der Waals surface area contributed by atoms with Gasteiger partial charge in [-0.05, 0) is 28.1 Å². The minimum absolute atomic E-state index is 0.120. The van der Waals surface area contributed by atoms with Gasteiger partial charge in [-0.2, -0.15) is 0 Å². The fraction of sp³-hybridized carbons (Fsp3) is 0.222. The van der Waals surface area contributed by atoms with Gasteiger partial charge < -0.3 is 10.6 Å². The summed E-state index contributed by atoms with van der Waals surface area (Å²) in [6.45, 7) is 0.161. The first-order valence-electron chi connectivity index (χ1n) is 4.14. The number of anilines is 1. The average molecular weight is 312 g/mol. The zero-order valence-electron chi connectivity index (χ0n) is 7.90. The standard InChI is InChI=1S/C9H9BrCl2N2O/c1-13-7(15)4-14-6-3-2-5(10)8(11)9(6)12/h2-3,14H,4H2,1H3,(H,13,15). The van der Waals surface area contributed by atoms with E-state index in [4.69, 9.17) is 23.2 Å². The van der Waals surface area contributed by atoms with Crippen molar-refractivity contribution in [2.24, 2.45) is 0 Å². The predicted octanol–water partition coefficient (Wildman–Crippen LogP) is 2.91. The van der Waals surface area contributed by atoms with E-state index in [9.17, 15) is 4.79 Å². The molecule has 0 atom stereocenters. The Kier molecular flexibility index (Phi) is 4.70. The van der Waals surface area contributed by atoms with Crippen LogP contribution in [0.5, 0.6) is 0 Å². The molecule has 0 heterocycles. The van der Waals surface area contributed by atoms with Gasteiger partial charge in [-0.3, -0.25) is 4.79 Å². The summed E-state index contributed by atoms with van der Waals surface area (Å²) >= 11 is 15.1. The normalized spacial score (nSPS) is 9.87. The van der Waals surface area contributed by atoms with E-state index in [2.05, 4.69) is 26.6 Å². The minimum Gasteiger partial charge on any atom is -0.375 e. The fourth-order valence-corrected chi connectivity index (χ4v) is 1.77. The first-order chi connectivity index (χ1) is 7.06. The number of rotatable bonds is 3. The van der Waals surface area contributed by atoms with E-state index >= 15 is 0 Å². The van der Waals surface area contributed by atoms with Crippen molar-refractivity contribution in [2.75, 3.05) is 18.9 Å². The van der Waals surface area contributed by atoms with Crippen molar-refractivity contribution in [3.05, 3.63) is 26.7 Å². The molecule has 0 unspecified atom stereocenters. The summed E-state index contributed by atoms with van der Waals surface area (Å²) in [4.78, 5) is 11.0. The van der Waals surface area contributed by atoms with Gasteiger partial charge in [-0.1, -0.05) is 23.2 Å². The Hall–Kier alpha value is -0.450. The van der Waals surface area contributed by atoms with Crippen molar-refractivity contribution in [2.45, 2.75) is 0 Å². The molecule has 0 bridgehead atoms. The van der Waals surface area contributed by atoms with Gasteiger partial charge in [0, 0.05) is 11.5 Å². The number of carbonyl (C=O) groups is 1. The van der Waals surface area contributed by atoms with Crippen LogP contribution in [0.2, 0.25) is 10.0 Å². The van der Waals surface area contributed by atoms with Crippen LogP contribution in [0.15, 0.2) is 16.6 Å². The smallest absolute Gasteiger partial charge is 0.239 e. The van der Waals surface area contributed by atoms with Crippen LogP contribution in [0.3, 0.4) is 0 Å². The molecule has 1 aromatic carbocycles. The molecule has 15 heavy (non-hydrogen) atoms. The number of nitrogens with one attached hydrogen (secondary N) is 2. The Morgan fingerprint density at radius 1 is 1.40 bits per heavy atom. The lowest BCUT2D eigenvalue weighted by Gasteiger charge is -2.09. The van der Waals surface area contributed by atoms with E-state index in [0.717, 1.165) is 4.47 Å². The summed E-state index contributed by atoms with van der Waals surface area (Å²) in [7, 11) is 1.57. The van der Waals surface area contributed by atoms with E-state index in [0.29, 0.717) is 15.7 Å². The van der Waals surface area contributed by atoms with Crippen molar-refractivity contribution in [1.82, 2.24) is 5.32 Å². The second-order valence-electron chi connectivity index (χ2n) is 2.75. The molecule has 3 nitrogen and oxygen atoms in total. The molecule has 0 aromatic heterocycles. The monoisotopic (exact) mass is 310 g/mol.